The lowest BCUT2D eigenvalue weighted by Crippen LogP contribution is -2.21. The highest BCUT2D eigenvalue weighted by Gasteiger charge is 2.25. The van der Waals surface area contributed by atoms with Gasteiger partial charge < -0.3 is 15.2 Å². The van der Waals surface area contributed by atoms with Gasteiger partial charge in [0, 0.05) is 18.2 Å². The summed E-state index contributed by atoms with van der Waals surface area (Å²) in [5.41, 5.74) is 6.03. The van der Waals surface area contributed by atoms with Gasteiger partial charge in [-0.15, -0.1) is 12.6 Å². The molecule has 0 aromatic heterocycles. The number of nitrogen functional groups attached to an aromatic ring is 1. The van der Waals surface area contributed by atoms with Crippen molar-refractivity contribution in [2.75, 3.05) is 18.9 Å². The highest BCUT2D eigenvalue weighted by atomic mass is 35.5. The Hall–Kier alpha value is -0.580. The molecular formula is C11H14ClNO2S. The summed E-state index contributed by atoms with van der Waals surface area (Å²) in [6, 6.07) is 5.19. The largest absolute Gasteiger partial charge is 0.478 e. The maximum atomic E-state index is 6.01. The van der Waals surface area contributed by atoms with Gasteiger partial charge in [0.05, 0.1) is 11.6 Å². The van der Waals surface area contributed by atoms with Crippen molar-refractivity contribution < 1.29 is 9.47 Å². The minimum absolute atomic E-state index is 0.191. The zero-order valence-electron chi connectivity index (χ0n) is 8.73. The molecule has 3 nitrogen and oxygen atoms in total. The first-order chi connectivity index (χ1) is 7.66. The minimum atomic E-state index is -0.191. The fourth-order valence-electron chi connectivity index (χ4n) is 1.62. The van der Waals surface area contributed by atoms with E-state index >= 15 is 0 Å². The van der Waals surface area contributed by atoms with E-state index in [4.69, 9.17) is 26.8 Å². The van der Waals surface area contributed by atoms with Crippen molar-refractivity contribution in [3.8, 4) is 5.75 Å². The normalized spacial score (nSPS) is 22.0. The van der Waals surface area contributed by atoms with Crippen LogP contribution in [0.2, 0.25) is 5.02 Å². The molecule has 16 heavy (non-hydrogen) atoms. The Bertz CT molecular complexity index is 369. The number of anilines is 1. The maximum Gasteiger partial charge on any atom is 0.146 e. The average Bonchev–Trinajstić information content (AvgIpc) is 2.75. The van der Waals surface area contributed by atoms with E-state index in [9.17, 15) is 0 Å². The second-order valence-corrected chi connectivity index (χ2v) is 4.74. The Balaban J connectivity index is 2.02. The summed E-state index contributed by atoms with van der Waals surface area (Å²) in [5, 5.41) is 0.512. The van der Waals surface area contributed by atoms with Gasteiger partial charge in [0.15, 0.2) is 0 Å². The van der Waals surface area contributed by atoms with E-state index in [2.05, 4.69) is 12.6 Å². The van der Waals surface area contributed by atoms with Crippen LogP contribution in [0.25, 0.3) is 0 Å². The predicted octanol–water partition coefficient (Wildman–Crippen LogP) is 2.59. The first-order valence-corrected chi connectivity index (χ1v) is 6.04. The van der Waals surface area contributed by atoms with Gasteiger partial charge in [-0.2, -0.15) is 0 Å². The molecule has 1 aliphatic heterocycles. The van der Waals surface area contributed by atoms with Gasteiger partial charge >= 0.3 is 0 Å². The molecule has 2 unspecified atom stereocenters. The fraction of sp³-hybridized carbons (Fsp3) is 0.455. The van der Waals surface area contributed by atoms with Crippen LogP contribution >= 0.6 is 24.2 Å². The van der Waals surface area contributed by atoms with E-state index in [0.717, 1.165) is 13.0 Å². The smallest absolute Gasteiger partial charge is 0.146 e. The zero-order chi connectivity index (χ0) is 11.5. The summed E-state index contributed by atoms with van der Waals surface area (Å²) in [5.74, 6) is 0.930. The van der Waals surface area contributed by atoms with Gasteiger partial charge in [-0.05, 0) is 24.6 Å². The van der Waals surface area contributed by atoms with Crippen LogP contribution in [-0.2, 0) is 4.74 Å². The maximum absolute atomic E-state index is 6.01. The SMILES string of the molecule is Nc1ccc(OC(S)C2CCOC2)c(Cl)c1. The van der Waals surface area contributed by atoms with Gasteiger partial charge in [-0.25, -0.2) is 0 Å². The molecule has 2 N–H and O–H groups in total. The fourth-order valence-corrected chi connectivity index (χ4v) is 2.20. The molecule has 2 rings (SSSR count). The Kier molecular flexibility index (Phi) is 3.84. The number of halogens is 1. The highest BCUT2D eigenvalue weighted by molar-refractivity contribution is 7.80. The van der Waals surface area contributed by atoms with Gasteiger partial charge in [-0.1, -0.05) is 11.6 Å². The van der Waals surface area contributed by atoms with E-state index in [1.54, 1.807) is 18.2 Å². The number of hydrogen-bond donors (Lipinski definition) is 2. The Labute approximate surface area is 105 Å². The molecule has 0 bridgehead atoms. The number of nitrogens with two attached hydrogens (primary N) is 1. The second kappa shape index (κ2) is 5.17. The van der Waals surface area contributed by atoms with Crippen LogP contribution in [0.5, 0.6) is 5.75 Å². The van der Waals surface area contributed by atoms with Crippen LogP contribution < -0.4 is 10.5 Å². The number of rotatable bonds is 3. The van der Waals surface area contributed by atoms with Gasteiger partial charge in [0.1, 0.15) is 11.2 Å². The monoisotopic (exact) mass is 259 g/mol. The number of hydrogen-bond acceptors (Lipinski definition) is 4. The standard InChI is InChI=1S/C11H14ClNO2S/c12-9-5-8(13)1-2-10(9)15-11(16)7-3-4-14-6-7/h1-2,5,7,11,16H,3-4,6,13H2. The molecule has 0 radical (unpaired) electrons. The lowest BCUT2D eigenvalue weighted by molar-refractivity contribution is 0.157. The topological polar surface area (TPSA) is 44.5 Å². The lowest BCUT2D eigenvalue weighted by atomic mass is 10.1. The number of thiol groups is 1. The highest BCUT2D eigenvalue weighted by Crippen LogP contribution is 2.30. The van der Waals surface area contributed by atoms with Crippen LogP contribution in [0.15, 0.2) is 18.2 Å². The lowest BCUT2D eigenvalue weighted by Gasteiger charge is -2.19. The van der Waals surface area contributed by atoms with Crippen molar-refractivity contribution in [1.29, 1.82) is 0 Å². The Morgan fingerprint density at radius 3 is 3.00 bits per heavy atom. The van der Waals surface area contributed by atoms with E-state index in [0.29, 0.717) is 29.0 Å². The minimum Gasteiger partial charge on any atom is -0.478 e. The van der Waals surface area contributed by atoms with Gasteiger partial charge in [0.2, 0.25) is 0 Å². The van der Waals surface area contributed by atoms with E-state index < -0.39 is 0 Å². The number of benzene rings is 1. The molecule has 1 fully saturated rings. The van der Waals surface area contributed by atoms with E-state index in [-0.39, 0.29) is 5.44 Å². The predicted molar refractivity (Wildman–Crippen MR) is 68.2 cm³/mol. The second-order valence-electron chi connectivity index (χ2n) is 3.82. The third-order valence-corrected chi connectivity index (χ3v) is 3.39. The summed E-state index contributed by atoms with van der Waals surface area (Å²) in [6.45, 7) is 1.47. The van der Waals surface area contributed by atoms with Crippen LogP contribution in [0, 0.1) is 5.92 Å². The molecule has 0 spiro atoms. The van der Waals surface area contributed by atoms with Crippen molar-refractivity contribution in [1.82, 2.24) is 0 Å². The van der Waals surface area contributed by atoms with Crippen molar-refractivity contribution in [2.24, 2.45) is 5.92 Å². The third-order valence-electron chi connectivity index (χ3n) is 2.57. The van der Waals surface area contributed by atoms with Crippen LogP contribution in [0.1, 0.15) is 6.42 Å². The summed E-state index contributed by atoms with van der Waals surface area (Å²) in [4.78, 5) is 0. The molecule has 0 aliphatic carbocycles. The van der Waals surface area contributed by atoms with E-state index in [1.807, 2.05) is 0 Å². The summed E-state index contributed by atoms with van der Waals surface area (Å²) in [7, 11) is 0. The van der Waals surface area contributed by atoms with E-state index in [1.165, 1.54) is 0 Å². The summed E-state index contributed by atoms with van der Waals surface area (Å²) >= 11 is 10.4. The Morgan fingerprint density at radius 2 is 2.38 bits per heavy atom. The van der Waals surface area contributed by atoms with Gasteiger partial charge in [0.25, 0.3) is 0 Å². The molecule has 1 aliphatic rings. The van der Waals surface area contributed by atoms with Crippen molar-refractivity contribution >= 4 is 29.9 Å². The molecule has 2 atom stereocenters. The van der Waals surface area contributed by atoms with Crippen LogP contribution in [0.3, 0.4) is 0 Å². The molecule has 88 valence electrons. The van der Waals surface area contributed by atoms with Gasteiger partial charge in [-0.3, -0.25) is 0 Å². The van der Waals surface area contributed by atoms with Crippen LogP contribution in [0.4, 0.5) is 5.69 Å². The van der Waals surface area contributed by atoms with Crippen molar-refractivity contribution in [2.45, 2.75) is 11.9 Å². The Morgan fingerprint density at radius 1 is 1.56 bits per heavy atom. The molecule has 5 heteroatoms. The third kappa shape index (κ3) is 2.75. The van der Waals surface area contributed by atoms with Crippen molar-refractivity contribution in [3.63, 3.8) is 0 Å². The molecular weight excluding hydrogens is 246 g/mol. The van der Waals surface area contributed by atoms with Crippen molar-refractivity contribution in [3.05, 3.63) is 23.2 Å². The molecule has 0 saturated carbocycles. The molecule has 0 amide bonds. The molecule has 1 heterocycles. The first kappa shape index (κ1) is 11.9. The summed E-state index contributed by atoms with van der Waals surface area (Å²) in [6.07, 6.45) is 0.973. The number of ether oxygens (including phenoxy) is 2. The zero-order valence-corrected chi connectivity index (χ0v) is 10.4. The molecule has 1 saturated heterocycles. The summed E-state index contributed by atoms with van der Waals surface area (Å²) < 4.78 is 11.0. The molecule has 1 aromatic carbocycles. The molecule has 1 aromatic rings. The quantitative estimate of drug-likeness (QED) is 0.498. The first-order valence-electron chi connectivity index (χ1n) is 5.14. The van der Waals surface area contributed by atoms with Crippen LogP contribution in [-0.4, -0.2) is 18.6 Å². The average molecular weight is 260 g/mol.